The molecule has 226 valence electrons. The number of rotatable bonds is 5. The summed E-state index contributed by atoms with van der Waals surface area (Å²) in [4.78, 5) is 37.2. The summed E-state index contributed by atoms with van der Waals surface area (Å²) in [6.45, 7) is 0. The Morgan fingerprint density at radius 2 is 0.938 bits per heavy atom. The zero-order chi connectivity index (χ0) is 32.0. The first-order valence-electron chi connectivity index (χ1n) is 15.6. The molecule has 0 saturated carbocycles. The van der Waals surface area contributed by atoms with E-state index in [-0.39, 0.29) is 0 Å². The Bertz CT molecular complexity index is 2630. The fourth-order valence-corrected chi connectivity index (χ4v) is 6.18. The standard InChI is InChI=1S/C40H25N7O/c48-40-45-36(26-13-4-1-5-14-26)41-35-24-32-31-21-10-11-22-33(31)47(34(32)25-46(35)40)30-20-12-19-29(23-30)39-43-37(27-15-6-2-7-16-27)42-38(44-39)28-17-8-3-9-18-28/h1-25H. The predicted octanol–water partition coefficient (Wildman–Crippen LogP) is 8.04. The number of nitrogens with zero attached hydrogens (tertiary/aromatic N) is 7. The monoisotopic (exact) mass is 619 g/mol. The van der Waals surface area contributed by atoms with Gasteiger partial charge >= 0.3 is 5.69 Å². The van der Waals surface area contributed by atoms with Crippen molar-refractivity contribution in [3.05, 3.63) is 162 Å². The van der Waals surface area contributed by atoms with Gasteiger partial charge in [0.25, 0.3) is 0 Å². The van der Waals surface area contributed by atoms with Crippen LogP contribution >= 0.6 is 0 Å². The van der Waals surface area contributed by atoms with E-state index in [9.17, 15) is 4.79 Å². The minimum atomic E-state index is -0.390. The zero-order valence-corrected chi connectivity index (χ0v) is 25.5. The summed E-state index contributed by atoms with van der Waals surface area (Å²) in [5.74, 6) is 2.16. The maximum atomic E-state index is 13.4. The average molecular weight is 620 g/mol. The molecule has 5 aromatic carbocycles. The van der Waals surface area contributed by atoms with Crippen molar-refractivity contribution in [2.75, 3.05) is 0 Å². The summed E-state index contributed by atoms with van der Waals surface area (Å²) in [6.07, 6.45) is 1.83. The lowest BCUT2D eigenvalue weighted by atomic mass is 10.1. The number of benzene rings is 5. The molecule has 0 N–H and O–H groups in total. The van der Waals surface area contributed by atoms with Crippen molar-refractivity contribution in [3.8, 4) is 51.2 Å². The lowest BCUT2D eigenvalue weighted by molar-refractivity contribution is 0.950. The molecule has 8 heteroatoms. The molecule has 0 aliphatic rings. The van der Waals surface area contributed by atoms with Crippen LogP contribution in [0.15, 0.2) is 157 Å². The summed E-state index contributed by atoms with van der Waals surface area (Å²) < 4.78 is 3.67. The molecule has 0 amide bonds. The van der Waals surface area contributed by atoms with Crippen LogP contribution in [0.4, 0.5) is 0 Å². The van der Waals surface area contributed by atoms with Crippen LogP contribution in [0.25, 0.3) is 78.7 Å². The van der Waals surface area contributed by atoms with Crippen LogP contribution in [0.5, 0.6) is 0 Å². The second kappa shape index (κ2) is 11.2. The highest BCUT2D eigenvalue weighted by atomic mass is 16.1. The van der Waals surface area contributed by atoms with Gasteiger partial charge in [0.2, 0.25) is 0 Å². The van der Waals surface area contributed by atoms with Crippen molar-refractivity contribution in [1.82, 2.24) is 33.9 Å². The second-order valence-corrected chi connectivity index (χ2v) is 11.4. The minimum absolute atomic E-state index is 0.390. The Labute approximate surface area is 274 Å². The van der Waals surface area contributed by atoms with Crippen LogP contribution < -0.4 is 5.69 Å². The first kappa shape index (κ1) is 27.5. The van der Waals surface area contributed by atoms with E-state index in [1.165, 1.54) is 4.40 Å². The smallest absolute Gasteiger partial charge is 0.308 e. The number of fused-ring (bicyclic) bond motifs is 4. The Hall–Kier alpha value is -6.80. The van der Waals surface area contributed by atoms with Gasteiger partial charge < -0.3 is 4.57 Å². The lowest BCUT2D eigenvalue weighted by Gasteiger charge is -2.12. The van der Waals surface area contributed by atoms with E-state index in [1.54, 1.807) is 0 Å². The highest BCUT2D eigenvalue weighted by molar-refractivity contribution is 6.10. The van der Waals surface area contributed by atoms with Gasteiger partial charge in [-0.25, -0.2) is 29.1 Å². The van der Waals surface area contributed by atoms with Gasteiger partial charge in [-0.15, -0.1) is 0 Å². The summed E-state index contributed by atoms with van der Waals surface area (Å²) in [5.41, 5.74) is 6.34. The van der Waals surface area contributed by atoms with Gasteiger partial charge in [-0.05, 0) is 24.3 Å². The summed E-state index contributed by atoms with van der Waals surface area (Å²) in [5, 5.41) is 2.02. The van der Waals surface area contributed by atoms with Gasteiger partial charge in [0, 0.05) is 44.9 Å². The van der Waals surface area contributed by atoms with E-state index in [4.69, 9.17) is 19.9 Å². The van der Waals surface area contributed by atoms with Crippen molar-refractivity contribution < 1.29 is 0 Å². The van der Waals surface area contributed by atoms with E-state index < -0.39 is 5.69 Å². The average Bonchev–Trinajstić information content (AvgIpc) is 3.48. The van der Waals surface area contributed by atoms with Crippen LogP contribution in [0.2, 0.25) is 0 Å². The van der Waals surface area contributed by atoms with Crippen LogP contribution in [-0.2, 0) is 0 Å². The molecular weight excluding hydrogens is 594 g/mol. The van der Waals surface area contributed by atoms with E-state index in [0.717, 1.165) is 49.7 Å². The molecule has 0 atom stereocenters. The molecular formula is C40H25N7O. The SMILES string of the molecule is O=c1nc(-c2ccccc2)nc2cc3c4ccccc4n(-c4cccc(-c5nc(-c6ccccc6)nc(-c6ccccc6)n5)c4)c3cn12. The Morgan fingerprint density at radius 3 is 1.56 bits per heavy atom. The molecule has 0 aliphatic carbocycles. The number of aromatic nitrogens is 7. The first-order chi connectivity index (χ1) is 23.7. The van der Waals surface area contributed by atoms with Gasteiger partial charge in [0.05, 0.1) is 11.0 Å². The highest BCUT2D eigenvalue weighted by Crippen LogP contribution is 2.34. The molecule has 0 aliphatic heterocycles. The number of pyridine rings is 1. The summed E-state index contributed by atoms with van der Waals surface area (Å²) in [6, 6.07) is 47.8. The topological polar surface area (TPSA) is 90.9 Å². The Morgan fingerprint density at radius 1 is 0.417 bits per heavy atom. The van der Waals surface area contributed by atoms with Crippen molar-refractivity contribution >= 4 is 27.5 Å². The molecule has 0 fully saturated rings. The van der Waals surface area contributed by atoms with E-state index >= 15 is 0 Å². The third-order valence-electron chi connectivity index (χ3n) is 8.45. The maximum absolute atomic E-state index is 13.4. The molecule has 4 heterocycles. The fraction of sp³-hybridized carbons (Fsp3) is 0. The third-order valence-corrected chi connectivity index (χ3v) is 8.45. The predicted molar refractivity (Wildman–Crippen MR) is 189 cm³/mol. The van der Waals surface area contributed by atoms with Crippen molar-refractivity contribution in [1.29, 1.82) is 0 Å². The highest BCUT2D eigenvalue weighted by Gasteiger charge is 2.17. The molecule has 9 aromatic rings. The molecule has 0 saturated heterocycles. The summed E-state index contributed by atoms with van der Waals surface area (Å²) in [7, 11) is 0. The minimum Gasteiger partial charge on any atom is -0.308 e. The second-order valence-electron chi connectivity index (χ2n) is 11.4. The van der Waals surface area contributed by atoms with Crippen molar-refractivity contribution in [2.24, 2.45) is 0 Å². The molecule has 0 radical (unpaired) electrons. The van der Waals surface area contributed by atoms with Crippen molar-refractivity contribution in [3.63, 3.8) is 0 Å². The normalized spacial score (nSPS) is 11.4. The van der Waals surface area contributed by atoms with Gasteiger partial charge in [0.15, 0.2) is 23.3 Å². The first-order valence-corrected chi connectivity index (χ1v) is 15.6. The molecule has 48 heavy (non-hydrogen) atoms. The van der Waals surface area contributed by atoms with E-state index in [1.807, 2.05) is 128 Å². The summed E-state index contributed by atoms with van der Waals surface area (Å²) >= 11 is 0. The third kappa shape index (κ3) is 4.71. The Kier molecular flexibility index (Phi) is 6.43. The van der Waals surface area contributed by atoms with E-state index in [2.05, 4.69) is 33.8 Å². The maximum Gasteiger partial charge on any atom is 0.355 e. The number of para-hydroxylation sites is 1. The number of hydrogen-bond acceptors (Lipinski definition) is 6. The largest absolute Gasteiger partial charge is 0.355 e. The molecule has 9 rings (SSSR count). The molecule has 0 spiro atoms. The fourth-order valence-electron chi connectivity index (χ4n) is 6.18. The van der Waals surface area contributed by atoms with Gasteiger partial charge in [-0.1, -0.05) is 121 Å². The van der Waals surface area contributed by atoms with Crippen LogP contribution in [0, 0.1) is 0 Å². The van der Waals surface area contributed by atoms with Crippen LogP contribution in [0.3, 0.4) is 0 Å². The van der Waals surface area contributed by atoms with Gasteiger partial charge in [0.1, 0.15) is 5.65 Å². The zero-order valence-electron chi connectivity index (χ0n) is 25.5. The number of hydrogen-bond donors (Lipinski definition) is 0. The van der Waals surface area contributed by atoms with Crippen LogP contribution in [0.1, 0.15) is 0 Å². The quantitative estimate of drug-likeness (QED) is 0.194. The molecule has 4 aromatic heterocycles. The Balaban J connectivity index is 1.24. The molecule has 0 unspecified atom stereocenters. The van der Waals surface area contributed by atoms with Gasteiger partial charge in [-0.2, -0.15) is 4.98 Å². The van der Waals surface area contributed by atoms with Crippen LogP contribution in [-0.4, -0.2) is 33.9 Å². The van der Waals surface area contributed by atoms with Gasteiger partial charge in [-0.3, -0.25) is 0 Å². The molecule has 0 bridgehead atoms. The van der Waals surface area contributed by atoms with E-state index in [0.29, 0.717) is 28.9 Å². The van der Waals surface area contributed by atoms with Crippen molar-refractivity contribution in [2.45, 2.75) is 0 Å². The lowest BCUT2D eigenvalue weighted by Crippen LogP contribution is -2.19. The molecule has 8 nitrogen and oxygen atoms in total.